The third kappa shape index (κ3) is 3.46. The van der Waals surface area contributed by atoms with Crippen molar-refractivity contribution in [3.05, 3.63) is 26.3 Å². The molecule has 2 heterocycles. The van der Waals surface area contributed by atoms with E-state index < -0.39 is 4.92 Å². The first-order valence-corrected chi connectivity index (χ1v) is 7.56. The van der Waals surface area contributed by atoms with Crippen LogP contribution in [0.4, 0.5) is 11.5 Å². The Hall–Kier alpha value is -1.21. The number of aromatic nitrogens is 1. The summed E-state index contributed by atoms with van der Waals surface area (Å²) in [5.41, 5.74) is 0.635. The first kappa shape index (κ1) is 15.2. The van der Waals surface area contributed by atoms with E-state index in [1.165, 1.54) is 19.0 Å². The SMILES string of the molecule is Cc1c([N+](=O)[O-])cnc(NC(C)CN2CCCC2)c1Br. The van der Waals surface area contributed by atoms with Crippen LogP contribution in [0.2, 0.25) is 0 Å². The van der Waals surface area contributed by atoms with E-state index in [2.05, 4.69) is 38.1 Å². The summed E-state index contributed by atoms with van der Waals surface area (Å²) in [5.74, 6) is 0.666. The minimum Gasteiger partial charge on any atom is -0.365 e. The maximum atomic E-state index is 10.9. The number of nitrogens with zero attached hydrogens (tertiary/aromatic N) is 3. The molecular formula is C13H19BrN4O2. The lowest BCUT2D eigenvalue weighted by molar-refractivity contribution is -0.385. The number of nitro groups is 1. The predicted molar refractivity (Wildman–Crippen MR) is 82.1 cm³/mol. The molecule has 0 bridgehead atoms. The number of halogens is 1. The molecule has 1 fully saturated rings. The number of likely N-dealkylation sites (tertiary alicyclic amines) is 1. The highest BCUT2D eigenvalue weighted by atomic mass is 79.9. The van der Waals surface area contributed by atoms with Crippen LogP contribution in [0.5, 0.6) is 0 Å². The molecule has 1 atom stereocenters. The van der Waals surface area contributed by atoms with Crippen LogP contribution in [0, 0.1) is 17.0 Å². The van der Waals surface area contributed by atoms with Gasteiger partial charge in [-0.05, 0) is 55.7 Å². The average Bonchev–Trinajstić information content (AvgIpc) is 2.87. The van der Waals surface area contributed by atoms with E-state index in [0.717, 1.165) is 19.6 Å². The Labute approximate surface area is 126 Å². The van der Waals surface area contributed by atoms with E-state index in [1.807, 2.05) is 0 Å². The fourth-order valence-corrected chi connectivity index (χ4v) is 2.91. The van der Waals surface area contributed by atoms with E-state index in [9.17, 15) is 10.1 Å². The van der Waals surface area contributed by atoms with E-state index in [0.29, 0.717) is 15.9 Å². The molecule has 1 aromatic rings. The van der Waals surface area contributed by atoms with Gasteiger partial charge >= 0.3 is 0 Å². The maximum absolute atomic E-state index is 10.9. The van der Waals surface area contributed by atoms with Crippen LogP contribution in [0.1, 0.15) is 25.3 Å². The fraction of sp³-hybridized carbons (Fsp3) is 0.615. The minimum absolute atomic E-state index is 0.0367. The van der Waals surface area contributed by atoms with Gasteiger partial charge in [-0.25, -0.2) is 4.98 Å². The molecule has 0 saturated carbocycles. The Balaban J connectivity index is 2.05. The maximum Gasteiger partial charge on any atom is 0.291 e. The zero-order valence-corrected chi connectivity index (χ0v) is 13.3. The van der Waals surface area contributed by atoms with Crippen LogP contribution in [0.25, 0.3) is 0 Å². The first-order valence-electron chi connectivity index (χ1n) is 6.77. The van der Waals surface area contributed by atoms with Gasteiger partial charge in [0.1, 0.15) is 12.0 Å². The standard InChI is InChI=1S/C13H19BrN4O2/c1-9(8-17-5-3-4-6-17)16-13-12(14)10(2)11(7-15-13)18(19)20/h7,9H,3-6,8H2,1-2H3,(H,15,16). The molecule has 1 N–H and O–H groups in total. The quantitative estimate of drug-likeness (QED) is 0.657. The fourth-order valence-electron chi connectivity index (χ4n) is 2.49. The smallest absolute Gasteiger partial charge is 0.291 e. The summed E-state index contributed by atoms with van der Waals surface area (Å²) in [4.78, 5) is 17.0. The Morgan fingerprint density at radius 2 is 2.20 bits per heavy atom. The van der Waals surface area contributed by atoms with Crippen molar-refractivity contribution in [3.8, 4) is 0 Å². The lowest BCUT2D eigenvalue weighted by Gasteiger charge is -2.22. The van der Waals surface area contributed by atoms with Crippen molar-refractivity contribution in [2.24, 2.45) is 0 Å². The van der Waals surface area contributed by atoms with Crippen LogP contribution in [-0.2, 0) is 0 Å². The second kappa shape index (κ2) is 6.49. The molecule has 6 nitrogen and oxygen atoms in total. The summed E-state index contributed by atoms with van der Waals surface area (Å²) in [6, 6.07) is 0.248. The Bertz CT molecular complexity index is 503. The Morgan fingerprint density at radius 3 is 2.80 bits per heavy atom. The van der Waals surface area contributed by atoms with Crippen molar-refractivity contribution in [2.75, 3.05) is 25.0 Å². The summed E-state index contributed by atoms with van der Waals surface area (Å²) in [6.07, 6.45) is 3.85. The number of pyridine rings is 1. The first-order chi connectivity index (χ1) is 9.49. The average molecular weight is 343 g/mol. The van der Waals surface area contributed by atoms with Gasteiger partial charge in [-0.15, -0.1) is 0 Å². The van der Waals surface area contributed by atoms with Crippen LogP contribution in [0.15, 0.2) is 10.7 Å². The number of hydrogen-bond acceptors (Lipinski definition) is 5. The summed E-state index contributed by atoms with van der Waals surface area (Å²) in [6.45, 7) is 7.09. The van der Waals surface area contributed by atoms with Crippen molar-refractivity contribution in [3.63, 3.8) is 0 Å². The van der Waals surface area contributed by atoms with Gasteiger partial charge in [0.2, 0.25) is 0 Å². The second-order valence-corrected chi connectivity index (χ2v) is 6.03. The van der Waals surface area contributed by atoms with Crippen LogP contribution in [0.3, 0.4) is 0 Å². The largest absolute Gasteiger partial charge is 0.365 e. The van der Waals surface area contributed by atoms with Crippen LogP contribution < -0.4 is 5.32 Å². The molecule has 1 saturated heterocycles. The van der Waals surface area contributed by atoms with Gasteiger partial charge in [0.15, 0.2) is 0 Å². The van der Waals surface area contributed by atoms with Crippen molar-refractivity contribution >= 4 is 27.4 Å². The van der Waals surface area contributed by atoms with Gasteiger partial charge in [0.05, 0.1) is 9.40 Å². The Morgan fingerprint density at radius 1 is 1.55 bits per heavy atom. The molecule has 1 aliphatic rings. The summed E-state index contributed by atoms with van der Waals surface area (Å²) in [5, 5.41) is 14.2. The van der Waals surface area contributed by atoms with Gasteiger partial charge in [-0.3, -0.25) is 10.1 Å². The monoisotopic (exact) mass is 342 g/mol. The molecule has 0 aliphatic carbocycles. The molecule has 0 radical (unpaired) electrons. The third-order valence-electron chi connectivity index (χ3n) is 3.55. The third-order valence-corrected chi connectivity index (χ3v) is 4.52. The van der Waals surface area contributed by atoms with Gasteiger partial charge < -0.3 is 10.2 Å². The van der Waals surface area contributed by atoms with Gasteiger partial charge in [0, 0.05) is 18.2 Å². The highest BCUT2D eigenvalue weighted by Crippen LogP contribution is 2.30. The van der Waals surface area contributed by atoms with Crippen LogP contribution in [-0.4, -0.2) is 40.5 Å². The minimum atomic E-state index is -0.412. The Kier molecular flexibility index (Phi) is 4.93. The molecule has 20 heavy (non-hydrogen) atoms. The molecule has 1 unspecified atom stereocenters. The van der Waals surface area contributed by atoms with E-state index in [1.54, 1.807) is 6.92 Å². The van der Waals surface area contributed by atoms with Gasteiger partial charge in [-0.2, -0.15) is 0 Å². The molecule has 2 rings (SSSR count). The van der Waals surface area contributed by atoms with Gasteiger partial charge in [-0.1, -0.05) is 0 Å². The van der Waals surface area contributed by atoms with Crippen molar-refractivity contribution < 1.29 is 4.92 Å². The lowest BCUT2D eigenvalue weighted by atomic mass is 10.2. The van der Waals surface area contributed by atoms with Crippen molar-refractivity contribution in [2.45, 2.75) is 32.7 Å². The molecule has 110 valence electrons. The summed E-state index contributed by atoms with van der Waals surface area (Å²) < 4.78 is 0.667. The molecule has 7 heteroatoms. The molecule has 0 spiro atoms. The van der Waals surface area contributed by atoms with E-state index >= 15 is 0 Å². The highest BCUT2D eigenvalue weighted by molar-refractivity contribution is 9.10. The topological polar surface area (TPSA) is 71.3 Å². The van der Waals surface area contributed by atoms with Crippen LogP contribution >= 0.6 is 15.9 Å². The van der Waals surface area contributed by atoms with Crippen molar-refractivity contribution in [1.29, 1.82) is 0 Å². The number of anilines is 1. The molecule has 0 amide bonds. The van der Waals surface area contributed by atoms with E-state index in [-0.39, 0.29) is 11.7 Å². The lowest BCUT2D eigenvalue weighted by Crippen LogP contribution is -2.33. The molecule has 1 aliphatic heterocycles. The number of nitrogens with one attached hydrogen (secondary N) is 1. The predicted octanol–water partition coefficient (Wildman–Crippen LogP) is 2.96. The normalized spacial score (nSPS) is 17.1. The zero-order valence-electron chi connectivity index (χ0n) is 11.7. The van der Waals surface area contributed by atoms with Gasteiger partial charge in [0.25, 0.3) is 5.69 Å². The second-order valence-electron chi connectivity index (χ2n) is 5.24. The molecule has 0 aromatic carbocycles. The summed E-state index contributed by atoms with van der Waals surface area (Å²) >= 11 is 3.40. The summed E-state index contributed by atoms with van der Waals surface area (Å²) in [7, 11) is 0. The number of hydrogen-bond donors (Lipinski definition) is 1. The number of rotatable bonds is 5. The highest BCUT2D eigenvalue weighted by Gasteiger charge is 2.19. The van der Waals surface area contributed by atoms with Crippen molar-refractivity contribution in [1.82, 2.24) is 9.88 Å². The zero-order chi connectivity index (χ0) is 14.7. The molecular weight excluding hydrogens is 324 g/mol. The van der Waals surface area contributed by atoms with E-state index in [4.69, 9.17) is 0 Å². The molecule has 1 aromatic heterocycles.